The summed E-state index contributed by atoms with van der Waals surface area (Å²) < 4.78 is 0. The molecular weight excluding hydrogens is 356 g/mol. The van der Waals surface area contributed by atoms with Crippen LogP contribution < -0.4 is 4.90 Å². The fraction of sp³-hybridized carbons (Fsp3) is 0.190. The maximum absolute atomic E-state index is 13.1. The van der Waals surface area contributed by atoms with Crippen molar-refractivity contribution in [1.82, 2.24) is 14.9 Å². The first kappa shape index (κ1) is 17.5. The van der Waals surface area contributed by atoms with Gasteiger partial charge < -0.3 is 9.80 Å². The Morgan fingerprint density at radius 3 is 2.30 bits per heavy atom. The Hall–Kier alpha value is -2.86. The highest BCUT2D eigenvalue weighted by Crippen LogP contribution is 2.29. The first-order valence-electron chi connectivity index (χ1n) is 8.94. The van der Waals surface area contributed by atoms with E-state index in [-0.39, 0.29) is 5.91 Å². The Balaban J connectivity index is 1.46. The Bertz CT molecular complexity index is 896. The molecule has 0 N–H and O–H groups in total. The summed E-state index contributed by atoms with van der Waals surface area (Å²) in [5.41, 5.74) is 0.664. The van der Waals surface area contributed by atoms with E-state index >= 15 is 0 Å². The van der Waals surface area contributed by atoms with Crippen LogP contribution in [-0.4, -0.2) is 47.0 Å². The fourth-order valence-corrected chi connectivity index (χ4v) is 3.98. The second-order valence-electron chi connectivity index (χ2n) is 6.24. The summed E-state index contributed by atoms with van der Waals surface area (Å²) in [6, 6.07) is 19.6. The minimum absolute atomic E-state index is 0.0437. The normalized spacial score (nSPS) is 14.2. The van der Waals surface area contributed by atoms with E-state index in [4.69, 9.17) is 0 Å². The van der Waals surface area contributed by atoms with Gasteiger partial charge in [-0.05, 0) is 36.4 Å². The molecule has 6 heteroatoms. The molecule has 1 aliphatic rings. The minimum Gasteiger partial charge on any atom is -0.353 e. The van der Waals surface area contributed by atoms with Crippen molar-refractivity contribution >= 4 is 23.5 Å². The topological polar surface area (TPSA) is 49.3 Å². The van der Waals surface area contributed by atoms with Gasteiger partial charge in [0.1, 0.15) is 10.8 Å². The SMILES string of the molecule is O=C(c1cccnc1Sc1ccccc1)N1CCN(c2ccccn2)CC1. The van der Waals surface area contributed by atoms with Crippen LogP contribution in [0.2, 0.25) is 0 Å². The number of amides is 1. The number of rotatable bonds is 4. The molecule has 4 rings (SSSR count). The van der Waals surface area contributed by atoms with E-state index in [0.717, 1.165) is 28.8 Å². The van der Waals surface area contributed by atoms with Gasteiger partial charge in [-0.1, -0.05) is 36.0 Å². The number of piperazine rings is 1. The van der Waals surface area contributed by atoms with Crippen LogP contribution in [0.4, 0.5) is 5.82 Å². The third-order valence-electron chi connectivity index (χ3n) is 4.50. The van der Waals surface area contributed by atoms with E-state index < -0.39 is 0 Å². The maximum Gasteiger partial charge on any atom is 0.256 e. The number of aromatic nitrogens is 2. The molecule has 2 aromatic heterocycles. The largest absolute Gasteiger partial charge is 0.353 e. The van der Waals surface area contributed by atoms with E-state index in [0.29, 0.717) is 18.7 Å². The Labute approximate surface area is 163 Å². The van der Waals surface area contributed by atoms with Crippen molar-refractivity contribution in [2.45, 2.75) is 9.92 Å². The fourth-order valence-electron chi connectivity index (χ4n) is 3.08. The highest BCUT2D eigenvalue weighted by atomic mass is 32.2. The summed E-state index contributed by atoms with van der Waals surface area (Å²) in [5, 5.41) is 0.751. The van der Waals surface area contributed by atoms with Gasteiger partial charge in [-0.25, -0.2) is 9.97 Å². The number of hydrogen-bond acceptors (Lipinski definition) is 5. The molecule has 3 heterocycles. The number of carbonyl (C=O) groups is 1. The zero-order valence-electron chi connectivity index (χ0n) is 14.9. The lowest BCUT2D eigenvalue weighted by Gasteiger charge is -2.35. The van der Waals surface area contributed by atoms with Crippen LogP contribution in [0, 0.1) is 0 Å². The number of hydrogen-bond donors (Lipinski definition) is 0. The number of pyridine rings is 2. The third-order valence-corrected chi connectivity index (χ3v) is 5.53. The van der Waals surface area contributed by atoms with Crippen molar-refractivity contribution in [2.24, 2.45) is 0 Å². The first-order valence-corrected chi connectivity index (χ1v) is 9.76. The molecule has 0 saturated carbocycles. The quantitative estimate of drug-likeness (QED) is 0.696. The van der Waals surface area contributed by atoms with Gasteiger partial charge in [-0.2, -0.15) is 0 Å². The molecule has 1 saturated heterocycles. The second kappa shape index (κ2) is 8.22. The number of anilines is 1. The van der Waals surface area contributed by atoms with Gasteiger partial charge in [-0.15, -0.1) is 0 Å². The second-order valence-corrected chi connectivity index (χ2v) is 7.30. The van der Waals surface area contributed by atoms with E-state index in [1.54, 1.807) is 12.4 Å². The van der Waals surface area contributed by atoms with Gasteiger partial charge >= 0.3 is 0 Å². The standard InChI is InChI=1S/C21H20N4OS/c26-21(25-15-13-24(14-16-25)19-10-4-5-11-22-19)18-9-6-12-23-20(18)27-17-7-2-1-3-8-17/h1-12H,13-16H2. The Morgan fingerprint density at radius 1 is 0.815 bits per heavy atom. The molecule has 0 bridgehead atoms. The van der Waals surface area contributed by atoms with Gasteiger partial charge in [0.15, 0.2) is 0 Å². The lowest BCUT2D eigenvalue weighted by atomic mass is 10.2. The van der Waals surface area contributed by atoms with Gasteiger partial charge in [-0.3, -0.25) is 4.79 Å². The molecule has 1 fully saturated rings. The zero-order chi connectivity index (χ0) is 18.5. The maximum atomic E-state index is 13.1. The molecule has 3 aromatic rings. The van der Waals surface area contributed by atoms with Crippen molar-refractivity contribution in [2.75, 3.05) is 31.1 Å². The monoisotopic (exact) mass is 376 g/mol. The average Bonchev–Trinajstić information content (AvgIpc) is 2.75. The lowest BCUT2D eigenvalue weighted by molar-refractivity contribution is 0.0742. The predicted molar refractivity (Wildman–Crippen MR) is 107 cm³/mol. The van der Waals surface area contributed by atoms with Gasteiger partial charge in [0.05, 0.1) is 5.56 Å². The summed E-state index contributed by atoms with van der Waals surface area (Å²) in [5.74, 6) is 1.01. The molecule has 1 aliphatic heterocycles. The summed E-state index contributed by atoms with van der Waals surface area (Å²) in [4.78, 5) is 27.1. The molecule has 1 aromatic carbocycles. The first-order chi connectivity index (χ1) is 13.3. The van der Waals surface area contributed by atoms with Gasteiger partial charge in [0, 0.05) is 43.5 Å². The zero-order valence-corrected chi connectivity index (χ0v) is 15.7. The molecule has 0 aliphatic carbocycles. The average molecular weight is 376 g/mol. The van der Waals surface area contributed by atoms with Crippen molar-refractivity contribution < 1.29 is 4.79 Å². The van der Waals surface area contributed by atoms with Crippen LogP contribution in [0.3, 0.4) is 0 Å². The van der Waals surface area contributed by atoms with Crippen LogP contribution in [0.1, 0.15) is 10.4 Å². The smallest absolute Gasteiger partial charge is 0.256 e. The van der Waals surface area contributed by atoms with Crippen molar-refractivity contribution in [1.29, 1.82) is 0 Å². The van der Waals surface area contributed by atoms with E-state index in [1.165, 1.54) is 11.8 Å². The third kappa shape index (κ3) is 4.11. The molecule has 136 valence electrons. The van der Waals surface area contributed by atoms with Crippen molar-refractivity contribution in [3.05, 3.63) is 78.6 Å². The summed E-state index contributed by atoms with van der Waals surface area (Å²) in [7, 11) is 0. The Kier molecular flexibility index (Phi) is 5.34. The molecule has 0 spiro atoms. The number of benzene rings is 1. The van der Waals surface area contributed by atoms with Gasteiger partial charge in [0.25, 0.3) is 5.91 Å². The molecule has 0 radical (unpaired) electrons. The summed E-state index contributed by atoms with van der Waals surface area (Å²) in [6.07, 6.45) is 3.54. The van der Waals surface area contributed by atoms with E-state index in [1.807, 2.05) is 65.6 Å². The number of nitrogens with zero attached hydrogens (tertiary/aromatic N) is 4. The van der Waals surface area contributed by atoms with Crippen LogP contribution >= 0.6 is 11.8 Å². The molecule has 0 atom stereocenters. The molecule has 0 unspecified atom stereocenters. The Morgan fingerprint density at radius 2 is 1.56 bits per heavy atom. The highest BCUT2D eigenvalue weighted by Gasteiger charge is 2.25. The van der Waals surface area contributed by atoms with E-state index in [9.17, 15) is 4.79 Å². The van der Waals surface area contributed by atoms with Crippen LogP contribution in [-0.2, 0) is 0 Å². The molecule has 5 nitrogen and oxygen atoms in total. The van der Waals surface area contributed by atoms with Crippen molar-refractivity contribution in [3.63, 3.8) is 0 Å². The van der Waals surface area contributed by atoms with Crippen molar-refractivity contribution in [3.8, 4) is 0 Å². The highest BCUT2D eigenvalue weighted by molar-refractivity contribution is 7.99. The molecule has 1 amide bonds. The summed E-state index contributed by atoms with van der Waals surface area (Å²) in [6.45, 7) is 2.92. The number of carbonyl (C=O) groups excluding carboxylic acids is 1. The van der Waals surface area contributed by atoms with E-state index in [2.05, 4.69) is 14.9 Å². The summed E-state index contributed by atoms with van der Waals surface area (Å²) >= 11 is 1.52. The van der Waals surface area contributed by atoms with Gasteiger partial charge in [0.2, 0.25) is 0 Å². The molecular formula is C21H20N4OS. The van der Waals surface area contributed by atoms with Crippen LogP contribution in [0.15, 0.2) is 83.0 Å². The lowest BCUT2D eigenvalue weighted by Crippen LogP contribution is -2.49. The minimum atomic E-state index is 0.0437. The molecule has 27 heavy (non-hydrogen) atoms. The van der Waals surface area contributed by atoms with Crippen LogP contribution in [0.5, 0.6) is 0 Å². The van der Waals surface area contributed by atoms with Crippen LogP contribution in [0.25, 0.3) is 0 Å². The predicted octanol–water partition coefficient (Wildman–Crippen LogP) is 3.59.